The van der Waals surface area contributed by atoms with E-state index in [0.29, 0.717) is 24.3 Å². The SMILES string of the molecule is Cc1ccc2c(c1)CCc1ncc(C(F)(F)F)cc1O2. The first-order valence-electron chi connectivity index (χ1n) is 6.27. The van der Waals surface area contributed by atoms with E-state index >= 15 is 0 Å². The van der Waals surface area contributed by atoms with Crippen molar-refractivity contribution in [2.24, 2.45) is 0 Å². The van der Waals surface area contributed by atoms with Gasteiger partial charge in [0.1, 0.15) is 11.5 Å². The predicted octanol–water partition coefficient (Wildman–Crippen LogP) is 4.30. The molecule has 0 radical (unpaired) electrons. The molecule has 1 aromatic heterocycles. The van der Waals surface area contributed by atoms with Crippen LogP contribution < -0.4 is 4.74 Å². The number of nitrogens with zero attached hydrogens (tertiary/aromatic N) is 1. The minimum Gasteiger partial charge on any atom is -0.455 e. The van der Waals surface area contributed by atoms with Crippen LogP contribution in [0.1, 0.15) is 22.4 Å². The molecule has 2 heterocycles. The van der Waals surface area contributed by atoms with Crippen LogP contribution in [0, 0.1) is 6.92 Å². The molecule has 1 aromatic carbocycles. The van der Waals surface area contributed by atoms with Gasteiger partial charge in [0.2, 0.25) is 0 Å². The fourth-order valence-corrected chi connectivity index (χ4v) is 2.28. The zero-order chi connectivity index (χ0) is 14.3. The van der Waals surface area contributed by atoms with Crippen molar-refractivity contribution in [3.8, 4) is 11.5 Å². The lowest BCUT2D eigenvalue weighted by Gasteiger charge is -2.11. The van der Waals surface area contributed by atoms with Gasteiger partial charge in [0.05, 0.1) is 11.3 Å². The van der Waals surface area contributed by atoms with E-state index in [1.54, 1.807) is 6.07 Å². The monoisotopic (exact) mass is 279 g/mol. The van der Waals surface area contributed by atoms with Gasteiger partial charge < -0.3 is 4.74 Å². The number of aromatic nitrogens is 1. The highest BCUT2D eigenvalue weighted by molar-refractivity contribution is 5.45. The molecule has 3 rings (SSSR count). The normalized spacial score (nSPS) is 14.0. The van der Waals surface area contributed by atoms with Crippen LogP contribution in [0.3, 0.4) is 0 Å². The van der Waals surface area contributed by atoms with E-state index in [0.717, 1.165) is 23.4 Å². The maximum absolute atomic E-state index is 12.7. The van der Waals surface area contributed by atoms with Crippen LogP contribution in [-0.2, 0) is 19.0 Å². The molecule has 1 aliphatic rings. The van der Waals surface area contributed by atoms with Crippen molar-refractivity contribution < 1.29 is 17.9 Å². The minimum absolute atomic E-state index is 0.197. The third-order valence-electron chi connectivity index (χ3n) is 3.32. The Kier molecular flexibility index (Phi) is 2.92. The summed E-state index contributed by atoms with van der Waals surface area (Å²) in [6.45, 7) is 1.97. The molecule has 20 heavy (non-hydrogen) atoms. The van der Waals surface area contributed by atoms with Crippen molar-refractivity contribution in [1.82, 2.24) is 4.98 Å². The Morgan fingerprint density at radius 3 is 2.65 bits per heavy atom. The summed E-state index contributed by atoms with van der Waals surface area (Å²) in [7, 11) is 0. The van der Waals surface area contributed by atoms with Crippen molar-refractivity contribution in [2.75, 3.05) is 0 Å². The summed E-state index contributed by atoms with van der Waals surface area (Å²) in [6, 6.07) is 6.69. The standard InChI is InChI=1S/C15H12F3NO/c1-9-2-5-13-10(6-9)3-4-12-14(20-13)7-11(8-19-12)15(16,17)18/h2,5-8H,3-4H2,1H3. The second kappa shape index (κ2) is 4.51. The molecule has 0 spiro atoms. The molecule has 0 atom stereocenters. The smallest absolute Gasteiger partial charge is 0.418 e. The van der Waals surface area contributed by atoms with E-state index in [4.69, 9.17) is 4.74 Å². The maximum Gasteiger partial charge on any atom is 0.418 e. The summed E-state index contributed by atoms with van der Waals surface area (Å²) in [5.41, 5.74) is 1.87. The number of hydrogen-bond acceptors (Lipinski definition) is 2. The van der Waals surface area contributed by atoms with Crippen LogP contribution in [0.2, 0.25) is 0 Å². The Labute approximate surface area is 114 Å². The van der Waals surface area contributed by atoms with Crippen molar-refractivity contribution in [3.63, 3.8) is 0 Å². The number of benzene rings is 1. The number of aryl methyl sites for hydroxylation is 3. The van der Waals surface area contributed by atoms with Gasteiger partial charge in [0, 0.05) is 6.20 Å². The molecule has 0 fully saturated rings. The number of rotatable bonds is 0. The van der Waals surface area contributed by atoms with Crippen molar-refractivity contribution in [1.29, 1.82) is 0 Å². The van der Waals surface area contributed by atoms with Crippen molar-refractivity contribution in [3.05, 3.63) is 52.8 Å². The summed E-state index contributed by atoms with van der Waals surface area (Å²) in [5.74, 6) is 0.804. The Morgan fingerprint density at radius 1 is 1.10 bits per heavy atom. The summed E-state index contributed by atoms with van der Waals surface area (Å²) >= 11 is 0. The average molecular weight is 279 g/mol. The fraction of sp³-hybridized carbons (Fsp3) is 0.267. The van der Waals surface area contributed by atoms with E-state index in [1.165, 1.54) is 0 Å². The van der Waals surface area contributed by atoms with Crippen LogP contribution >= 0.6 is 0 Å². The summed E-state index contributed by atoms with van der Waals surface area (Å²) < 4.78 is 43.8. The van der Waals surface area contributed by atoms with Crippen molar-refractivity contribution >= 4 is 0 Å². The van der Waals surface area contributed by atoms with E-state index in [2.05, 4.69) is 4.98 Å². The molecule has 1 aliphatic heterocycles. The van der Waals surface area contributed by atoms with E-state index in [-0.39, 0.29) is 5.75 Å². The lowest BCUT2D eigenvalue weighted by Crippen LogP contribution is -2.07. The molecule has 0 N–H and O–H groups in total. The van der Waals surface area contributed by atoms with Gasteiger partial charge in [0.25, 0.3) is 0 Å². The number of halogens is 3. The minimum atomic E-state index is -4.41. The van der Waals surface area contributed by atoms with Crippen LogP contribution in [0.4, 0.5) is 13.2 Å². The van der Waals surface area contributed by atoms with Gasteiger partial charge in [-0.25, -0.2) is 0 Å². The highest BCUT2D eigenvalue weighted by atomic mass is 19.4. The van der Waals surface area contributed by atoms with Gasteiger partial charge in [-0.15, -0.1) is 0 Å². The molecular formula is C15H12F3NO. The molecule has 2 nitrogen and oxygen atoms in total. The average Bonchev–Trinajstić information content (AvgIpc) is 2.55. The summed E-state index contributed by atoms with van der Waals surface area (Å²) in [6.07, 6.45) is -2.26. The molecule has 0 unspecified atom stereocenters. The zero-order valence-electron chi connectivity index (χ0n) is 10.8. The Balaban J connectivity index is 2.04. The second-order valence-corrected chi connectivity index (χ2v) is 4.88. The lowest BCUT2D eigenvalue weighted by atomic mass is 10.1. The highest BCUT2D eigenvalue weighted by Gasteiger charge is 2.32. The van der Waals surface area contributed by atoms with E-state index in [9.17, 15) is 13.2 Å². The molecule has 0 bridgehead atoms. The molecule has 5 heteroatoms. The van der Waals surface area contributed by atoms with Gasteiger partial charge in [-0.3, -0.25) is 4.98 Å². The molecule has 104 valence electrons. The largest absolute Gasteiger partial charge is 0.455 e. The first-order chi connectivity index (χ1) is 9.43. The maximum atomic E-state index is 12.7. The van der Waals surface area contributed by atoms with Crippen LogP contribution in [0.15, 0.2) is 30.5 Å². The van der Waals surface area contributed by atoms with Gasteiger partial charge in [0.15, 0.2) is 0 Å². The predicted molar refractivity (Wildman–Crippen MR) is 67.9 cm³/mol. The number of hydrogen-bond donors (Lipinski definition) is 0. The molecular weight excluding hydrogens is 267 g/mol. The Morgan fingerprint density at radius 2 is 1.90 bits per heavy atom. The molecule has 0 aliphatic carbocycles. The van der Waals surface area contributed by atoms with Crippen molar-refractivity contribution in [2.45, 2.75) is 25.9 Å². The summed E-state index contributed by atoms with van der Waals surface area (Å²) in [4.78, 5) is 3.91. The number of alkyl halides is 3. The first kappa shape index (κ1) is 13.0. The number of fused-ring (bicyclic) bond motifs is 2. The quantitative estimate of drug-likeness (QED) is 0.717. The molecule has 0 saturated carbocycles. The highest BCUT2D eigenvalue weighted by Crippen LogP contribution is 2.37. The third-order valence-corrected chi connectivity index (χ3v) is 3.32. The van der Waals surface area contributed by atoms with Crippen LogP contribution in [0.5, 0.6) is 11.5 Å². The number of ether oxygens (including phenoxy) is 1. The first-order valence-corrected chi connectivity index (χ1v) is 6.27. The van der Waals surface area contributed by atoms with E-state index < -0.39 is 11.7 Å². The van der Waals surface area contributed by atoms with Gasteiger partial charge in [-0.1, -0.05) is 17.7 Å². The zero-order valence-corrected chi connectivity index (χ0v) is 10.8. The molecule has 2 aromatic rings. The third kappa shape index (κ3) is 2.35. The topological polar surface area (TPSA) is 22.1 Å². The molecule has 0 amide bonds. The van der Waals surface area contributed by atoms with Gasteiger partial charge >= 0.3 is 6.18 Å². The fourth-order valence-electron chi connectivity index (χ4n) is 2.28. The van der Waals surface area contributed by atoms with Crippen LogP contribution in [0.25, 0.3) is 0 Å². The van der Waals surface area contributed by atoms with Crippen LogP contribution in [-0.4, -0.2) is 4.98 Å². The van der Waals surface area contributed by atoms with Gasteiger partial charge in [-0.2, -0.15) is 13.2 Å². The summed E-state index contributed by atoms with van der Waals surface area (Å²) in [5, 5.41) is 0. The molecule has 0 saturated heterocycles. The van der Waals surface area contributed by atoms with E-state index in [1.807, 2.05) is 19.1 Å². The number of pyridine rings is 1. The Bertz CT molecular complexity index is 665. The Hall–Kier alpha value is -2.04. The lowest BCUT2D eigenvalue weighted by molar-refractivity contribution is -0.137. The van der Waals surface area contributed by atoms with Gasteiger partial charge in [-0.05, 0) is 37.5 Å². The second-order valence-electron chi connectivity index (χ2n) is 4.88.